The van der Waals surface area contributed by atoms with E-state index in [-0.39, 0.29) is 23.9 Å². The first-order chi connectivity index (χ1) is 10.2. The monoisotopic (exact) mass is 308 g/mol. The first-order valence-electron chi connectivity index (χ1n) is 7.67. The largest absolute Gasteiger partial charge is 0.444 e. The highest BCUT2D eigenvalue weighted by molar-refractivity contribution is 5.68. The Kier molecular flexibility index (Phi) is 4.75. The molecule has 2 atom stereocenters. The van der Waals surface area contributed by atoms with Crippen LogP contribution >= 0.6 is 0 Å². The van der Waals surface area contributed by atoms with Gasteiger partial charge < -0.3 is 15.4 Å². The number of ether oxygens (including phenoxy) is 1. The highest BCUT2D eigenvalue weighted by atomic mass is 19.1. The Hall–Kier alpha value is -1.62. The average Bonchev–Trinajstić information content (AvgIpc) is 2.40. The topological polar surface area (TPSA) is 55.6 Å². The molecule has 2 N–H and O–H groups in total. The van der Waals surface area contributed by atoms with E-state index in [4.69, 9.17) is 10.5 Å². The fourth-order valence-corrected chi connectivity index (χ4v) is 2.87. The van der Waals surface area contributed by atoms with E-state index >= 15 is 0 Å². The molecule has 5 heteroatoms. The Labute approximate surface area is 131 Å². The third-order valence-corrected chi connectivity index (χ3v) is 3.95. The minimum atomic E-state index is -0.517. The highest BCUT2D eigenvalue weighted by Gasteiger charge is 2.33. The van der Waals surface area contributed by atoms with Crippen LogP contribution < -0.4 is 5.73 Å². The summed E-state index contributed by atoms with van der Waals surface area (Å²) in [7, 11) is 0. The normalized spacial score (nSPS) is 22.5. The molecule has 1 saturated heterocycles. The first kappa shape index (κ1) is 16.7. The molecule has 2 rings (SSSR count). The van der Waals surface area contributed by atoms with Gasteiger partial charge in [-0.05, 0) is 57.4 Å². The molecule has 0 saturated carbocycles. The lowest BCUT2D eigenvalue weighted by Gasteiger charge is -2.38. The number of carbonyl (C=O) groups is 1. The number of likely N-dealkylation sites (tertiary alicyclic amines) is 1. The van der Waals surface area contributed by atoms with Crippen molar-refractivity contribution in [2.24, 2.45) is 5.73 Å². The van der Waals surface area contributed by atoms with Crippen LogP contribution in [0.2, 0.25) is 0 Å². The van der Waals surface area contributed by atoms with E-state index in [0.29, 0.717) is 19.5 Å². The summed E-state index contributed by atoms with van der Waals surface area (Å²) in [6, 6.07) is 4.57. The summed E-state index contributed by atoms with van der Waals surface area (Å²) in [5.74, 6) is -0.184. The maximum atomic E-state index is 13.5. The molecule has 0 radical (unpaired) electrons. The number of hydrogen-bond acceptors (Lipinski definition) is 3. The van der Waals surface area contributed by atoms with Crippen LogP contribution in [-0.2, 0) is 4.74 Å². The van der Waals surface area contributed by atoms with E-state index < -0.39 is 5.60 Å². The summed E-state index contributed by atoms with van der Waals surface area (Å²) < 4.78 is 18.9. The molecule has 1 heterocycles. The van der Waals surface area contributed by atoms with Crippen LogP contribution in [0.5, 0.6) is 0 Å². The van der Waals surface area contributed by atoms with Gasteiger partial charge in [0, 0.05) is 25.0 Å². The lowest BCUT2D eigenvalue weighted by Crippen LogP contribution is -2.50. The quantitative estimate of drug-likeness (QED) is 0.867. The van der Waals surface area contributed by atoms with Gasteiger partial charge in [-0.2, -0.15) is 0 Å². The predicted octanol–water partition coefficient (Wildman–Crippen LogP) is 3.19. The summed E-state index contributed by atoms with van der Waals surface area (Å²) in [4.78, 5) is 13.8. The second-order valence-electron chi connectivity index (χ2n) is 6.99. The third-order valence-electron chi connectivity index (χ3n) is 3.95. The van der Waals surface area contributed by atoms with Crippen molar-refractivity contribution in [2.45, 2.75) is 51.7 Å². The average molecular weight is 308 g/mol. The molecular weight excluding hydrogens is 283 g/mol. The highest BCUT2D eigenvalue weighted by Crippen LogP contribution is 2.30. The zero-order chi connectivity index (χ0) is 16.5. The van der Waals surface area contributed by atoms with Crippen molar-refractivity contribution in [3.05, 3.63) is 35.1 Å². The molecule has 0 spiro atoms. The van der Waals surface area contributed by atoms with Gasteiger partial charge in [0.25, 0.3) is 0 Å². The third kappa shape index (κ3) is 3.97. The van der Waals surface area contributed by atoms with Gasteiger partial charge >= 0.3 is 6.09 Å². The lowest BCUT2D eigenvalue weighted by molar-refractivity contribution is 0.0186. The van der Waals surface area contributed by atoms with E-state index in [1.54, 1.807) is 17.0 Å². The standard InChI is InChI=1S/C17H25FN2O2/c1-11-5-6-12(18)9-14(11)13-7-8-20(10-15(13)19)16(21)22-17(2,3)4/h5-6,9,13,15H,7-8,10,19H2,1-4H3/t13-,15-/m0/s1. The SMILES string of the molecule is Cc1ccc(F)cc1[C@@H]1CCN(C(=O)OC(C)(C)C)C[C@@H]1N. The van der Waals surface area contributed by atoms with Gasteiger partial charge in [0.15, 0.2) is 0 Å². The molecule has 1 aromatic rings. The minimum absolute atomic E-state index is 0.0642. The number of piperidine rings is 1. The Balaban J connectivity index is 2.07. The van der Waals surface area contributed by atoms with Gasteiger partial charge in [0.05, 0.1) is 0 Å². The van der Waals surface area contributed by atoms with Crippen LogP contribution in [-0.4, -0.2) is 35.7 Å². The Morgan fingerprint density at radius 1 is 1.41 bits per heavy atom. The van der Waals surface area contributed by atoms with Crippen LogP contribution in [0.3, 0.4) is 0 Å². The van der Waals surface area contributed by atoms with Gasteiger partial charge in [-0.1, -0.05) is 6.07 Å². The number of hydrogen-bond donors (Lipinski definition) is 1. The van der Waals surface area contributed by atoms with Gasteiger partial charge in [-0.15, -0.1) is 0 Å². The van der Waals surface area contributed by atoms with Crippen LogP contribution in [0.1, 0.15) is 44.2 Å². The van der Waals surface area contributed by atoms with Crippen molar-refractivity contribution in [1.29, 1.82) is 0 Å². The van der Waals surface area contributed by atoms with Crippen molar-refractivity contribution in [3.8, 4) is 0 Å². The van der Waals surface area contributed by atoms with Crippen molar-refractivity contribution < 1.29 is 13.9 Å². The van der Waals surface area contributed by atoms with Crippen LogP contribution in [0.15, 0.2) is 18.2 Å². The molecule has 1 aliphatic heterocycles. The number of nitrogens with zero attached hydrogens (tertiary/aromatic N) is 1. The maximum Gasteiger partial charge on any atom is 0.410 e. The fourth-order valence-electron chi connectivity index (χ4n) is 2.87. The van der Waals surface area contributed by atoms with Crippen LogP contribution in [0.4, 0.5) is 9.18 Å². The summed E-state index contributed by atoms with van der Waals surface area (Å²) >= 11 is 0. The van der Waals surface area contributed by atoms with Gasteiger partial charge in [-0.3, -0.25) is 0 Å². The van der Waals surface area contributed by atoms with E-state index in [9.17, 15) is 9.18 Å². The van der Waals surface area contributed by atoms with E-state index in [2.05, 4.69) is 0 Å². The Morgan fingerprint density at radius 3 is 2.68 bits per heavy atom. The van der Waals surface area contributed by atoms with Crippen molar-refractivity contribution in [2.75, 3.05) is 13.1 Å². The second-order valence-corrected chi connectivity index (χ2v) is 6.99. The molecule has 0 aliphatic carbocycles. The molecule has 0 bridgehead atoms. The summed E-state index contributed by atoms with van der Waals surface area (Å²) in [5.41, 5.74) is 7.71. The second kappa shape index (κ2) is 6.24. The number of nitrogens with two attached hydrogens (primary N) is 1. The van der Waals surface area contributed by atoms with Crippen molar-refractivity contribution in [1.82, 2.24) is 4.90 Å². The molecule has 1 aliphatic rings. The molecule has 4 nitrogen and oxygen atoms in total. The maximum absolute atomic E-state index is 13.5. The molecule has 122 valence electrons. The number of benzene rings is 1. The summed E-state index contributed by atoms with van der Waals surface area (Å²) in [6.45, 7) is 8.48. The van der Waals surface area contributed by atoms with Gasteiger partial charge in [-0.25, -0.2) is 9.18 Å². The molecule has 1 aromatic carbocycles. The zero-order valence-electron chi connectivity index (χ0n) is 13.7. The molecule has 0 unspecified atom stereocenters. The van der Waals surface area contributed by atoms with Gasteiger partial charge in [0.1, 0.15) is 11.4 Å². The Bertz CT molecular complexity index is 554. The number of amides is 1. The number of aryl methyl sites for hydroxylation is 1. The van der Waals surface area contributed by atoms with Crippen molar-refractivity contribution >= 4 is 6.09 Å². The van der Waals surface area contributed by atoms with E-state index in [1.807, 2.05) is 27.7 Å². The number of rotatable bonds is 1. The molecule has 1 fully saturated rings. The Morgan fingerprint density at radius 2 is 2.09 bits per heavy atom. The summed E-state index contributed by atoms with van der Waals surface area (Å²) in [6.07, 6.45) is 0.377. The fraction of sp³-hybridized carbons (Fsp3) is 0.588. The first-order valence-corrected chi connectivity index (χ1v) is 7.67. The number of carbonyl (C=O) groups excluding carboxylic acids is 1. The predicted molar refractivity (Wildman–Crippen MR) is 84.3 cm³/mol. The molecule has 0 aromatic heterocycles. The smallest absolute Gasteiger partial charge is 0.410 e. The molecular formula is C17H25FN2O2. The van der Waals surface area contributed by atoms with Crippen LogP contribution in [0.25, 0.3) is 0 Å². The van der Waals surface area contributed by atoms with Gasteiger partial charge in [0.2, 0.25) is 0 Å². The summed E-state index contributed by atoms with van der Waals surface area (Å²) in [5, 5.41) is 0. The lowest BCUT2D eigenvalue weighted by atomic mass is 9.83. The molecule has 22 heavy (non-hydrogen) atoms. The minimum Gasteiger partial charge on any atom is -0.444 e. The zero-order valence-corrected chi connectivity index (χ0v) is 13.7. The molecule has 1 amide bonds. The van der Waals surface area contributed by atoms with Crippen LogP contribution in [0, 0.1) is 12.7 Å². The number of halogens is 1. The van der Waals surface area contributed by atoms with E-state index in [0.717, 1.165) is 11.1 Å². The van der Waals surface area contributed by atoms with Crippen molar-refractivity contribution in [3.63, 3.8) is 0 Å². The van der Waals surface area contributed by atoms with E-state index in [1.165, 1.54) is 6.07 Å².